The van der Waals surface area contributed by atoms with Crippen LogP contribution in [0.15, 0.2) is 18.2 Å². The van der Waals surface area contributed by atoms with E-state index >= 15 is 0 Å². The molecule has 0 radical (unpaired) electrons. The van der Waals surface area contributed by atoms with E-state index in [1.807, 2.05) is 44.3 Å². The Morgan fingerprint density at radius 2 is 2.00 bits per heavy atom. The van der Waals surface area contributed by atoms with E-state index in [9.17, 15) is 14.4 Å². The zero-order chi connectivity index (χ0) is 17.9. The van der Waals surface area contributed by atoms with Gasteiger partial charge in [0.15, 0.2) is 0 Å². The van der Waals surface area contributed by atoms with Crippen molar-refractivity contribution < 1.29 is 19.7 Å². The van der Waals surface area contributed by atoms with Crippen molar-refractivity contribution in [3.63, 3.8) is 0 Å². The number of carbonyl (C=O) groups excluding carboxylic acids is 3. The quantitative estimate of drug-likeness (QED) is 0.785. The average molecular weight is 342 g/mol. The van der Waals surface area contributed by atoms with E-state index in [0.29, 0.717) is 6.54 Å². The van der Waals surface area contributed by atoms with E-state index in [0.717, 1.165) is 29.7 Å². The average Bonchev–Trinajstić information content (AvgIpc) is 3.13. The molecule has 4 rings (SSSR count). The number of anilines is 1. The lowest BCUT2D eigenvalue weighted by Gasteiger charge is -2.25. The summed E-state index contributed by atoms with van der Waals surface area (Å²) in [7, 11) is 0. The molecule has 0 saturated carbocycles. The molecule has 6 heteroatoms. The summed E-state index contributed by atoms with van der Waals surface area (Å²) in [5.41, 5.74) is 1.60. The van der Waals surface area contributed by atoms with Crippen molar-refractivity contribution in [3.05, 3.63) is 29.3 Å². The van der Waals surface area contributed by atoms with Gasteiger partial charge in [-0.3, -0.25) is 19.3 Å². The summed E-state index contributed by atoms with van der Waals surface area (Å²) in [4.78, 5) is 40.5. The Labute approximate surface area is 147 Å². The number of quaternary nitrogens is 1. The first-order valence-corrected chi connectivity index (χ1v) is 9.06. The molecule has 1 aromatic rings. The molecule has 2 saturated heterocycles. The lowest BCUT2D eigenvalue weighted by atomic mass is 9.76. The van der Waals surface area contributed by atoms with Gasteiger partial charge in [-0.1, -0.05) is 31.5 Å². The molecule has 3 aliphatic heterocycles. The number of carbonyl (C=O) groups is 3. The van der Waals surface area contributed by atoms with Crippen LogP contribution in [0.25, 0.3) is 0 Å². The molecule has 1 aromatic carbocycles. The summed E-state index contributed by atoms with van der Waals surface area (Å²) in [6, 6.07) is 5.67. The topological polar surface area (TPSA) is 83.1 Å². The van der Waals surface area contributed by atoms with E-state index in [1.165, 1.54) is 4.90 Å². The smallest absolute Gasteiger partial charge is 0.291 e. The summed E-state index contributed by atoms with van der Waals surface area (Å²) in [6.45, 7) is 6.38. The fourth-order valence-electron chi connectivity index (χ4n) is 4.91. The first kappa shape index (κ1) is 16.3. The van der Waals surface area contributed by atoms with Gasteiger partial charge in [-0.2, -0.15) is 0 Å². The molecule has 2 fully saturated rings. The highest BCUT2D eigenvalue weighted by Gasteiger charge is 2.73. The Balaban J connectivity index is 1.84. The third kappa shape index (κ3) is 1.91. The normalized spacial score (nSPS) is 33.2. The van der Waals surface area contributed by atoms with Crippen molar-refractivity contribution in [1.29, 1.82) is 0 Å². The number of hydrogen-bond donors (Lipinski definition) is 2. The van der Waals surface area contributed by atoms with Crippen molar-refractivity contribution in [2.24, 2.45) is 11.8 Å². The van der Waals surface area contributed by atoms with Crippen LogP contribution >= 0.6 is 0 Å². The molecule has 0 aromatic heterocycles. The largest absolute Gasteiger partial charge is 0.326 e. The second kappa shape index (κ2) is 5.39. The van der Waals surface area contributed by atoms with E-state index in [1.54, 1.807) is 0 Å². The summed E-state index contributed by atoms with van der Waals surface area (Å²) in [5, 5.41) is 4.91. The Morgan fingerprint density at radius 1 is 1.24 bits per heavy atom. The molecule has 3 N–H and O–H groups in total. The maximum atomic E-state index is 13.2. The number of unbranched alkanes of at least 4 members (excludes halogenated alkanes) is 1. The zero-order valence-corrected chi connectivity index (χ0v) is 14.8. The summed E-state index contributed by atoms with van der Waals surface area (Å²) < 4.78 is 0. The monoisotopic (exact) mass is 342 g/mol. The minimum absolute atomic E-state index is 0.106. The molecule has 0 unspecified atom stereocenters. The third-order valence-corrected chi connectivity index (χ3v) is 6.09. The molecule has 3 heterocycles. The first-order chi connectivity index (χ1) is 11.9. The van der Waals surface area contributed by atoms with Crippen molar-refractivity contribution in [2.75, 3.05) is 11.9 Å². The number of nitrogens with one attached hydrogen (secondary N) is 1. The number of imide groups is 1. The highest BCUT2D eigenvalue weighted by molar-refractivity contribution is 6.14. The number of benzene rings is 1. The van der Waals surface area contributed by atoms with Crippen LogP contribution in [0.2, 0.25) is 0 Å². The van der Waals surface area contributed by atoms with Crippen molar-refractivity contribution in [2.45, 2.75) is 45.2 Å². The van der Waals surface area contributed by atoms with Crippen molar-refractivity contribution in [3.8, 4) is 0 Å². The van der Waals surface area contributed by atoms with E-state index in [4.69, 9.17) is 0 Å². The SMILES string of the molecule is CCCCN1C(=O)[C@@H]2[C@H](C)[NH2+][C@@]3(C(=O)Nc4c(C)cccc43)[C@@H]2C1=O. The highest BCUT2D eigenvalue weighted by atomic mass is 16.2. The van der Waals surface area contributed by atoms with Crippen LogP contribution in [0, 0.1) is 18.8 Å². The first-order valence-electron chi connectivity index (χ1n) is 9.06. The Morgan fingerprint density at radius 3 is 2.72 bits per heavy atom. The van der Waals surface area contributed by atoms with E-state index in [-0.39, 0.29) is 23.8 Å². The number of nitrogens with two attached hydrogens (primary N) is 1. The van der Waals surface area contributed by atoms with Gasteiger partial charge in [0.2, 0.25) is 17.4 Å². The van der Waals surface area contributed by atoms with Crippen LogP contribution in [0.1, 0.15) is 37.8 Å². The molecule has 0 bridgehead atoms. The molecule has 6 nitrogen and oxygen atoms in total. The molecule has 4 atom stereocenters. The van der Waals surface area contributed by atoms with Gasteiger partial charge in [-0.15, -0.1) is 0 Å². The fraction of sp³-hybridized carbons (Fsp3) is 0.526. The van der Waals surface area contributed by atoms with Gasteiger partial charge in [0.1, 0.15) is 11.8 Å². The number of nitrogens with zero attached hydrogens (tertiary/aromatic N) is 1. The minimum atomic E-state index is -1.01. The highest BCUT2D eigenvalue weighted by Crippen LogP contribution is 2.49. The lowest BCUT2D eigenvalue weighted by molar-refractivity contribution is -0.730. The van der Waals surface area contributed by atoms with Gasteiger partial charge < -0.3 is 10.6 Å². The summed E-state index contributed by atoms with van der Waals surface area (Å²) in [5.74, 6) is -1.52. The number of aryl methyl sites for hydroxylation is 1. The maximum Gasteiger partial charge on any atom is 0.291 e. The number of amides is 3. The van der Waals surface area contributed by atoms with Crippen LogP contribution in [-0.4, -0.2) is 35.2 Å². The second-order valence-electron chi connectivity index (χ2n) is 7.53. The molecule has 3 aliphatic rings. The van der Waals surface area contributed by atoms with Gasteiger partial charge in [-0.05, 0) is 25.8 Å². The predicted molar refractivity (Wildman–Crippen MR) is 91.5 cm³/mol. The standard InChI is InChI=1S/C19H23N3O3/c1-4-5-9-22-16(23)13-11(3)21-19(14(13)17(22)24)12-8-6-7-10(2)15(12)20-18(19)25/h6-8,11,13-14,21H,4-5,9H2,1-3H3,(H,20,25)/p+1/t11-,13+,14-,19+/m0/s1. The summed E-state index contributed by atoms with van der Waals surface area (Å²) in [6.07, 6.45) is 1.71. The molecular weight excluding hydrogens is 318 g/mol. The van der Waals surface area contributed by atoms with Crippen LogP contribution in [-0.2, 0) is 19.9 Å². The minimum Gasteiger partial charge on any atom is -0.326 e. The predicted octanol–water partition coefficient (Wildman–Crippen LogP) is 0.509. The van der Waals surface area contributed by atoms with Crippen LogP contribution in [0.4, 0.5) is 5.69 Å². The van der Waals surface area contributed by atoms with Gasteiger partial charge in [-0.25, -0.2) is 0 Å². The maximum absolute atomic E-state index is 13.2. The van der Waals surface area contributed by atoms with Crippen LogP contribution in [0.3, 0.4) is 0 Å². The molecule has 1 spiro atoms. The number of rotatable bonds is 3. The molecule has 0 aliphatic carbocycles. The van der Waals surface area contributed by atoms with E-state index < -0.39 is 17.4 Å². The number of para-hydroxylation sites is 1. The van der Waals surface area contributed by atoms with Crippen molar-refractivity contribution >= 4 is 23.4 Å². The molecular formula is C19H24N3O3+. The third-order valence-electron chi connectivity index (χ3n) is 6.09. The van der Waals surface area contributed by atoms with E-state index in [2.05, 4.69) is 5.32 Å². The van der Waals surface area contributed by atoms with Crippen molar-refractivity contribution in [1.82, 2.24) is 4.90 Å². The molecule has 25 heavy (non-hydrogen) atoms. The van der Waals surface area contributed by atoms with Crippen LogP contribution < -0.4 is 10.6 Å². The van der Waals surface area contributed by atoms with Gasteiger partial charge in [0.05, 0.1) is 11.7 Å². The molecule has 132 valence electrons. The van der Waals surface area contributed by atoms with Crippen LogP contribution in [0.5, 0.6) is 0 Å². The number of fused-ring (bicyclic) bond motifs is 4. The fourth-order valence-corrected chi connectivity index (χ4v) is 4.91. The van der Waals surface area contributed by atoms with Gasteiger partial charge in [0.25, 0.3) is 5.91 Å². The lowest BCUT2D eigenvalue weighted by Crippen LogP contribution is -2.98. The van der Waals surface area contributed by atoms with Gasteiger partial charge >= 0.3 is 0 Å². The number of hydrogen-bond acceptors (Lipinski definition) is 3. The summed E-state index contributed by atoms with van der Waals surface area (Å²) >= 11 is 0. The Hall–Kier alpha value is -2.21. The Kier molecular flexibility index (Phi) is 3.51. The second-order valence-corrected chi connectivity index (χ2v) is 7.53. The molecule has 3 amide bonds. The Bertz CT molecular complexity index is 790. The number of likely N-dealkylation sites (tertiary alicyclic amines) is 1. The zero-order valence-electron chi connectivity index (χ0n) is 14.8. The van der Waals surface area contributed by atoms with Gasteiger partial charge in [0, 0.05) is 12.1 Å².